The van der Waals surface area contributed by atoms with Crippen molar-refractivity contribution in [3.05, 3.63) is 71.0 Å². The molecule has 3 rings (SSSR count). The number of carbonyl (C=O) groups is 1. The van der Waals surface area contributed by atoms with Crippen molar-refractivity contribution >= 4 is 23.5 Å². The summed E-state index contributed by atoms with van der Waals surface area (Å²) in [6.45, 7) is 0.0841. The molecule has 32 heavy (non-hydrogen) atoms. The number of pyridine rings is 2. The van der Waals surface area contributed by atoms with Crippen LogP contribution in [0.25, 0.3) is 11.1 Å². The highest BCUT2D eigenvalue weighted by Crippen LogP contribution is 2.37. The third kappa shape index (κ3) is 5.03. The van der Waals surface area contributed by atoms with Gasteiger partial charge in [-0.2, -0.15) is 10.5 Å². The number of nitrogens with zero attached hydrogens (tertiary/aromatic N) is 4. The van der Waals surface area contributed by atoms with Gasteiger partial charge in [0.1, 0.15) is 34.2 Å². The second-order valence-electron chi connectivity index (χ2n) is 6.55. The number of hydrogen-bond acceptors (Lipinski definition) is 8. The second kappa shape index (κ2) is 10.9. The minimum atomic E-state index is -0.284. The Labute approximate surface area is 190 Å². The quantitative estimate of drug-likeness (QED) is 0.451. The van der Waals surface area contributed by atoms with Gasteiger partial charge < -0.3 is 15.7 Å². The van der Waals surface area contributed by atoms with Gasteiger partial charge in [0.05, 0.1) is 12.2 Å². The number of aliphatic hydroxyl groups excluding tert-OH is 1. The minimum Gasteiger partial charge on any atom is -0.395 e. The van der Waals surface area contributed by atoms with Crippen LogP contribution in [0.5, 0.6) is 0 Å². The molecule has 0 aliphatic carbocycles. The maximum Gasteiger partial charge on any atom is 0.269 e. The highest BCUT2D eigenvalue weighted by atomic mass is 32.2. The zero-order valence-electron chi connectivity index (χ0n) is 17.3. The first kappa shape index (κ1) is 22.8. The summed E-state index contributed by atoms with van der Waals surface area (Å²) in [5, 5.41) is 35.0. The predicted molar refractivity (Wildman–Crippen MR) is 122 cm³/mol. The fourth-order valence-electron chi connectivity index (χ4n) is 3.04. The standard InChI is InChI=1S/C23H20N6O2S/c1-26-22(31)19-11-15(7-8-27-19)14-32-23-18(13-25)20(16-5-3-2-4-6-16)17(12-24)21(29-23)28-9-10-30/h2-8,11,30H,9-10,14H2,1H3,(H,26,31)(H,28,29). The molecule has 0 saturated heterocycles. The Morgan fingerprint density at radius 2 is 1.91 bits per heavy atom. The van der Waals surface area contributed by atoms with Crippen LogP contribution in [0.2, 0.25) is 0 Å². The molecule has 3 aromatic rings. The van der Waals surface area contributed by atoms with Crippen molar-refractivity contribution in [3.63, 3.8) is 0 Å². The van der Waals surface area contributed by atoms with Crippen LogP contribution in [0.15, 0.2) is 53.7 Å². The van der Waals surface area contributed by atoms with Crippen LogP contribution in [0.1, 0.15) is 27.2 Å². The number of thioether (sulfide) groups is 1. The molecule has 8 nitrogen and oxygen atoms in total. The van der Waals surface area contributed by atoms with E-state index in [-0.39, 0.29) is 24.6 Å². The molecule has 0 bridgehead atoms. The summed E-state index contributed by atoms with van der Waals surface area (Å²) in [7, 11) is 1.54. The summed E-state index contributed by atoms with van der Waals surface area (Å²) < 4.78 is 0. The molecule has 0 fully saturated rings. The van der Waals surface area contributed by atoms with Crippen LogP contribution < -0.4 is 10.6 Å². The molecule has 0 saturated carbocycles. The van der Waals surface area contributed by atoms with E-state index in [1.165, 1.54) is 18.8 Å². The van der Waals surface area contributed by atoms with Crippen molar-refractivity contribution in [2.45, 2.75) is 10.8 Å². The SMILES string of the molecule is CNC(=O)c1cc(CSc2nc(NCCO)c(C#N)c(-c3ccccc3)c2C#N)ccn1. The van der Waals surface area contributed by atoms with Gasteiger partial charge in [0, 0.05) is 31.1 Å². The molecule has 9 heteroatoms. The lowest BCUT2D eigenvalue weighted by Crippen LogP contribution is -2.19. The molecule has 0 radical (unpaired) electrons. The average Bonchev–Trinajstić information content (AvgIpc) is 2.85. The normalized spacial score (nSPS) is 10.1. The van der Waals surface area contributed by atoms with Gasteiger partial charge in [-0.3, -0.25) is 9.78 Å². The molecule has 0 atom stereocenters. The number of amides is 1. The van der Waals surface area contributed by atoms with Crippen molar-refractivity contribution in [2.75, 3.05) is 25.5 Å². The van der Waals surface area contributed by atoms with Gasteiger partial charge >= 0.3 is 0 Å². The van der Waals surface area contributed by atoms with Crippen molar-refractivity contribution in [1.82, 2.24) is 15.3 Å². The number of aromatic nitrogens is 2. The van der Waals surface area contributed by atoms with Crippen molar-refractivity contribution in [3.8, 4) is 23.3 Å². The first-order chi connectivity index (χ1) is 15.6. The predicted octanol–water partition coefficient (Wildman–Crippen LogP) is 2.94. The molecule has 1 aromatic carbocycles. The van der Waals surface area contributed by atoms with E-state index < -0.39 is 0 Å². The average molecular weight is 445 g/mol. The first-order valence-electron chi connectivity index (χ1n) is 9.71. The minimum absolute atomic E-state index is 0.130. The Balaban J connectivity index is 2.06. The molecular weight excluding hydrogens is 424 g/mol. The lowest BCUT2D eigenvalue weighted by Gasteiger charge is -2.15. The number of rotatable bonds is 8. The van der Waals surface area contributed by atoms with E-state index in [0.717, 1.165) is 11.1 Å². The molecule has 1 amide bonds. The molecule has 3 N–H and O–H groups in total. The Bertz CT molecular complexity index is 1200. The second-order valence-corrected chi connectivity index (χ2v) is 7.51. The lowest BCUT2D eigenvalue weighted by atomic mass is 9.97. The highest BCUT2D eigenvalue weighted by molar-refractivity contribution is 7.98. The molecule has 0 spiro atoms. The molecule has 0 unspecified atom stereocenters. The number of anilines is 1. The summed E-state index contributed by atoms with van der Waals surface area (Å²) in [5.74, 6) is 0.462. The Morgan fingerprint density at radius 3 is 2.56 bits per heavy atom. The van der Waals surface area contributed by atoms with Gasteiger partial charge in [0.2, 0.25) is 0 Å². The van der Waals surface area contributed by atoms with Crippen LogP contribution in [-0.2, 0) is 5.75 Å². The third-order valence-corrected chi connectivity index (χ3v) is 5.56. The number of nitrogens with one attached hydrogen (secondary N) is 2. The molecule has 0 aliphatic rings. The molecule has 0 aliphatic heterocycles. The number of hydrogen-bond donors (Lipinski definition) is 3. The van der Waals surface area contributed by atoms with E-state index in [4.69, 9.17) is 0 Å². The van der Waals surface area contributed by atoms with E-state index in [9.17, 15) is 20.4 Å². The molecule has 2 aromatic heterocycles. The van der Waals surface area contributed by atoms with E-state index in [1.54, 1.807) is 18.3 Å². The summed E-state index contributed by atoms with van der Waals surface area (Å²) >= 11 is 1.32. The zero-order chi connectivity index (χ0) is 22.9. The highest BCUT2D eigenvalue weighted by Gasteiger charge is 2.21. The monoisotopic (exact) mass is 444 g/mol. The van der Waals surface area contributed by atoms with Crippen LogP contribution in [0.3, 0.4) is 0 Å². The number of nitriles is 2. The topological polar surface area (TPSA) is 135 Å². The Morgan fingerprint density at radius 1 is 1.16 bits per heavy atom. The van der Waals surface area contributed by atoms with Gasteiger partial charge in [-0.05, 0) is 23.3 Å². The first-order valence-corrected chi connectivity index (χ1v) is 10.7. The number of benzene rings is 1. The number of aliphatic hydroxyl groups is 1. The summed E-state index contributed by atoms with van der Waals surface area (Å²) in [6.07, 6.45) is 1.56. The number of carbonyl (C=O) groups excluding carboxylic acids is 1. The van der Waals surface area contributed by atoms with E-state index >= 15 is 0 Å². The van der Waals surface area contributed by atoms with Gasteiger partial charge in [0.15, 0.2) is 0 Å². The molecular formula is C23H20N6O2S. The zero-order valence-corrected chi connectivity index (χ0v) is 18.1. The van der Waals surface area contributed by atoms with Crippen molar-refractivity contribution in [1.29, 1.82) is 10.5 Å². The van der Waals surface area contributed by atoms with Gasteiger partial charge in [-0.25, -0.2) is 4.98 Å². The van der Waals surface area contributed by atoms with E-state index in [0.29, 0.717) is 33.4 Å². The van der Waals surface area contributed by atoms with Crippen LogP contribution in [-0.4, -0.2) is 41.2 Å². The van der Waals surface area contributed by atoms with Crippen LogP contribution in [0.4, 0.5) is 5.82 Å². The summed E-state index contributed by atoms with van der Waals surface area (Å²) in [6, 6.07) is 17.0. The maximum atomic E-state index is 11.9. The van der Waals surface area contributed by atoms with Crippen molar-refractivity contribution in [2.24, 2.45) is 0 Å². The maximum absolute atomic E-state index is 11.9. The fourth-order valence-corrected chi connectivity index (χ4v) is 3.98. The smallest absolute Gasteiger partial charge is 0.269 e. The summed E-state index contributed by atoms with van der Waals surface area (Å²) in [5.41, 5.74) is 2.90. The van der Waals surface area contributed by atoms with Gasteiger partial charge in [-0.1, -0.05) is 30.3 Å². The Hall–Kier alpha value is -3.92. The molecule has 2 heterocycles. The van der Waals surface area contributed by atoms with Gasteiger partial charge in [0.25, 0.3) is 5.91 Å². The van der Waals surface area contributed by atoms with E-state index in [1.807, 2.05) is 30.3 Å². The van der Waals surface area contributed by atoms with Crippen molar-refractivity contribution < 1.29 is 9.90 Å². The fraction of sp³-hybridized carbons (Fsp3) is 0.174. The van der Waals surface area contributed by atoms with Gasteiger partial charge in [-0.15, -0.1) is 11.8 Å². The molecule has 160 valence electrons. The Kier molecular flexibility index (Phi) is 7.76. The summed E-state index contributed by atoms with van der Waals surface area (Å²) in [4.78, 5) is 20.5. The van der Waals surface area contributed by atoms with E-state index in [2.05, 4.69) is 32.7 Å². The van der Waals surface area contributed by atoms with Crippen LogP contribution >= 0.6 is 11.8 Å². The van der Waals surface area contributed by atoms with Crippen LogP contribution in [0, 0.1) is 22.7 Å². The lowest BCUT2D eigenvalue weighted by molar-refractivity contribution is 0.0958. The largest absolute Gasteiger partial charge is 0.395 e. The third-order valence-electron chi connectivity index (χ3n) is 4.51.